The average Bonchev–Trinajstić information content (AvgIpc) is 2.68. The Balaban J connectivity index is 1.61. The fraction of sp³-hybridized carbons (Fsp3) is 0.0952. The second kappa shape index (κ2) is 8.40. The molecule has 0 radical (unpaired) electrons. The summed E-state index contributed by atoms with van der Waals surface area (Å²) < 4.78 is 5.23. The lowest BCUT2D eigenvalue weighted by Crippen LogP contribution is -2.13. The van der Waals surface area contributed by atoms with E-state index in [1.54, 1.807) is 31.0 Å². The van der Waals surface area contributed by atoms with E-state index in [0.29, 0.717) is 11.3 Å². The van der Waals surface area contributed by atoms with Crippen molar-refractivity contribution in [2.75, 3.05) is 12.4 Å². The highest BCUT2D eigenvalue weighted by atomic mass is 32.2. The highest BCUT2D eigenvalue weighted by molar-refractivity contribution is 7.98. The molecule has 1 amide bonds. The summed E-state index contributed by atoms with van der Waals surface area (Å²) in [5.74, 6) is 1.28. The molecule has 3 nitrogen and oxygen atoms in total. The Kier molecular flexibility index (Phi) is 5.75. The maximum atomic E-state index is 12.4. The number of amides is 1. The molecule has 0 unspecified atom stereocenters. The summed E-state index contributed by atoms with van der Waals surface area (Å²) >= 11 is 1.79. The molecule has 1 N–H and O–H groups in total. The van der Waals surface area contributed by atoms with Crippen LogP contribution in [0, 0.1) is 0 Å². The van der Waals surface area contributed by atoms with Gasteiger partial charge in [0.2, 0.25) is 0 Å². The van der Waals surface area contributed by atoms with E-state index in [4.69, 9.17) is 4.74 Å². The fourth-order valence-electron chi connectivity index (χ4n) is 2.40. The van der Waals surface area contributed by atoms with Crippen LogP contribution < -0.4 is 10.1 Å². The van der Waals surface area contributed by atoms with E-state index < -0.39 is 0 Å². The van der Waals surface area contributed by atoms with Crippen LogP contribution in [0.5, 0.6) is 5.75 Å². The van der Waals surface area contributed by atoms with Gasteiger partial charge in [-0.25, -0.2) is 0 Å². The van der Waals surface area contributed by atoms with Crippen molar-refractivity contribution in [2.45, 2.75) is 10.6 Å². The van der Waals surface area contributed by atoms with Gasteiger partial charge in [-0.1, -0.05) is 42.5 Å². The van der Waals surface area contributed by atoms with Crippen LogP contribution in [-0.4, -0.2) is 13.0 Å². The molecular weight excluding hydrogens is 330 g/mol. The molecule has 3 rings (SSSR count). The van der Waals surface area contributed by atoms with Crippen LogP contribution in [0.2, 0.25) is 0 Å². The van der Waals surface area contributed by atoms with Crippen LogP contribution in [0.4, 0.5) is 5.69 Å². The van der Waals surface area contributed by atoms with E-state index in [9.17, 15) is 4.79 Å². The third-order valence-electron chi connectivity index (χ3n) is 3.71. The summed E-state index contributed by atoms with van der Waals surface area (Å²) in [6.07, 6.45) is 0. The lowest BCUT2D eigenvalue weighted by molar-refractivity contribution is 0.102. The maximum Gasteiger partial charge on any atom is 0.259 e. The summed E-state index contributed by atoms with van der Waals surface area (Å²) in [6.45, 7) is 0. The Morgan fingerprint density at radius 3 is 2.32 bits per heavy atom. The number of methoxy groups -OCH3 is 1. The van der Waals surface area contributed by atoms with Gasteiger partial charge in [0, 0.05) is 16.3 Å². The molecular formula is C21H19NO2S. The normalized spacial score (nSPS) is 10.3. The first-order chi connectivity index (χ1) is 12.3. The Labute approximate surface area is 152 Å². The molecule has 0 aromatic heterocycles. The zero-order valence-corrected chi connectivity index (χ0v) is 14.8. The van der Waals surface area contributed by atoms with Crippen LogP contribution in [0.1, 0.15) is 15.9 Å². The number of anilines is 1. The molecule has 0 aliphatic heterocycles. The highest BCUT2D eigenvalue weighted by Gasteiger charge is 2.11. The second-order valence-electron chi connectivity index (χ2n) is 5.45. The molecule has 3 aromatic rings. The summed E-state index contributed by atoms with van der Waals surface area (Å²) in [6, 6.07) is 25.4. The lowest BCUT2D eigenvalue weighted by Gasteiger charge is -2.09. The summed E-state index contributed by atoms with van der Waals surface area (Å²) in [4.78, 5) is 13.6. The number of nitrogens with one attached hydrogen (secondary N) is 1. The van der Waals surface area contributed by atoms with E-state index in [0.717, 1.165) is 11.4 Å². The van der Waals surface area contributed by atoms with Crippen LogP contribution in [0.25, 0.3) is 0 Å². The van der Waals surface area contributed by atoms with Crippen molar-refractivity contribution in [3.05, 3.63) is 90.0 Å². The SMILES string of the molecule is COc1ccccc1C(=O)Nc1ccc(CSc2ccccc2)cc1. The summed E-state index contributed by atoms with van der Waals surface area (Å²) in [5, 5.41) is 2.91. The van der Waals surface area contributed by atoms with Crippen molar-refractivity contribution in [2.24, 2.45) is 0 Å². The first kappa shape index (κ1) is 17.1. The maximum absolute atomic E-state index is 12.4. The van der Waals surface area contributed by atoms with E-state index in [-0.39, 0.29) is 5.91 Å². The Morgan fingerprint density at radius 2 is 1.60 bits per heavy atom. The molecule has 0 atom stereocenters. The minimum atomic E-state index is -0.177. The van der Waals surface area contributed by atoms with Crippen molar-refractivity contribution in [1.29, 1.82) is 0 Å². The van der Waals surface area contributed by atoms with Gasteiger partial charge >= 0.3 is 0 Å². The van der Waals surface area contributed by atoms with Gasteiger partial charge < -0.3 is 10.1 Å². The van der Waals surface area contributed by atoms with Crippen LogP contribution in [0.15, 0.2) is 83.8 Å². The monoisotopic (exact) mass is 349 g/mol. The molecule has 25 heavy (non-hydrogen) atoms. The first-order valence-corrected chi connectivity index (χ1v) is 8.96. The minimum Gasteiger partial charge on any atom is -0.496 e. The van der Waals surface area contributed by atoms with E-state index in [1.807, 2.05) is 54.6 Å². The highest BCUT2D eigenvalue weighted by Crippen LogP contribution is 2.24. The van der Waals surface area contributed by atoms with Gasteiger partial charge in [0.15, 0.2) is 0 Å². The Bertz CT molecular complexity index is 832. The average molecular weight is 349 g/mol. The van der Waals surface area contributed by atoms with E-state index in [1.165, 1.54) is 10.5 Å². The van der Waals surface area contributed by atoms with E-state index >= 15 is 0 Å². The van der Waals surface area contributed by atoms with Gasteiger partial charge in [-0.2, -0.15) is 0 Å². The largest absolute Gasteiger partial charge is 0.496 e. The van der Waals surface area contributed by atoms with Gasteiger partial charge in [-0.05, 0) is 42.0 Å². The fourth-order valence-corrected chi connectivity index (χ4v) is 3.27. The van der Waals surface area contributed by atoms with Gasteiger partial charge in [0.1, 0.15) is 5.75 Å². The van der Waals surface area contributed by atoms with Gasteiger partial charge in [-0.3, -0.25) is 4.79 Å². The van der Waals surface area contributed by atoms with Crippen molar-refractivity contribution in [1.82, 2.24) is 0 Å². The molecule has 0 spiro atoms. The van der Waals surface area contributed by atoms with Crippen molar-refractivity contribution < 1.29 is 9.53 Å². The number of hydrogen-bond donors (Lipinski definition) is 1. The number of benzene rings is 3. The zero-order chi connectivity index (χ0) is 17.5. The number of carbonyl (C=O) groups is 1. The Morgan fingerprint density at radius 1 is 0.920 bits per heavy atom. The van der Waals surface area contributed by atoms with Crippen LogP contribution >= 0.6 is 11.8 Å². The third kappa shape index (κ3) is 4.64. The molecule has 0 bridgehead atoms. The molecule has 0 aliphatic rings. The molecule has 0 fully saturated rings. The molecule has 3 aromatic carbocycles. The van der Waals surface area contributed by atoms with Crippen LogP contribution in [0.3, 0.4) is 0 Å². The minimum absolute atomic E-state index is 0.177. The number of para-hydroxylation sites is 1. The predicted molar refractivity (Wildman–Crippen MR) is 103 cm³/mol. The standard InChI is InChI=1S/C21H19NO2S/c1-24-20-10-6-5-9-19(20)21(23)22-17-13-11-16(12-14-17)15-25-18-7-3-2-4-8-18/h2-14H,15H2,1H3,(H,22,23). The molecule has 0 heterocycles. The van der Waals surface area contributed by atoms with Crippen molar-refractivity contribution >= 4 is 23.4 Å². The van der Waals surface area contributed by atoms with Gasteiger partial charge in [0.25, 0.3) is 5.91 Å². The van der Waals surface area contributed by atoms with Crippen LogP contribution in [-0.2, 0) is 5.75 Å². The van der Waals surface area contributed by atoms with Crippen molar-refractivity contribution in [3.8, 4) is 5.75 Å². The number of carbonyl (C=O) groups excluding carboxylic acids is 1. The quantitative estimate of drug-likeness (QED) is 0.619. The molecule has 0 saturated heterocycles. The molecule has 0 aliphatic carbocycles. The Hall–Kier alpha value is -2.72. The number of hydrogen-bond acceptors (Lipinski definition) is 3. The third-order valence-corrected chi connectivity index (χ3v) is 4.80. The summed E-state index contributed by atoms with van der Waals surface area (Å²) in [5.41, 5.74) is 2.50. The first-order valence-electron chi connectivity index (χ1n) is 7.97. The lowest BCUT2D eigenvalue weighted by atomic mass is 10.1. The van der Waals surface area contributed by atoms with Gasteiger partial charge in [-0.15, -0.1) is 11.8 Å². The smallest absolute Gasteiger partial charge is 0.259 e. The summed E-state index contributed by atoms with van der Waals surface area (Å²) in [7, 11) is 1.56. The topological polar surface area (TPSA) is 38.3 Å². The van der Waals surface area contributed by atoms with E-state index in [2.05, 4.69) is 17.4 Å². The number of thioether (sulfide) groups is 1. The van der Waals surface area contributed by atoms with Crippen molar-refractivity contribution in [3.63, 3.8) is 0 Å². The molecule has 4 heteroatoms. The number of ether oxygens (including phenoxy) is 1. The predicted octanol–water partition coefficient (Wildman–Crippen LogP) is 5.24. The molecule has 126 valence electrons. The molecule has 0 saturated carbocycles. The zero-order valence-electron chi connectivity index (χ0n) is 13.9. The number of rotatable bonds is 6. The van der Waals surface area contributed by atoms with Gasteiger partial charge in [0.05, 0.1) is 12.7 Å². The second-order valence-corrected chi connectivity index (χ2v) is 6.50.